The van der Waals surface area contributed by atoms with E-state index in [0.717, 1.165) is 28.3 Å². The average Bonchev–Trinajstić information content (AvgIpc) is 2.87. The van der Waals surface area contributed by atoms with Gasteiger partial charge in [-0.25, -0.2) is 4.79 Å². The highest BCUT2D eigenvalue weighted by molar-refractivity contribution is 7.16. The normalized spacial score (nSPS) is 11.2. The number of benzene rings is 1. The minimum Gasteiger partial charge on any atom is -0.462 e. The highest BCUT2D eigenvalue weighted by Gasteiger charge is 2.35. The molecule has 8 heteroatoms. The zero-order valence-corrected chi connectivity index (χ0v) is 13.7. The number of halogens is 3. The summed E-state index contributed by atoms with van der Waals surface area (Å²) in [4.78, 5) is 24.9. The first kappa shape index (κ1) is 18.0. The lowest BCUT2D eigenvalue weighted by molar-refractivity contribution is -0.137. The van der Waals surface area contributed by atoms with Crippen molar-refractivity contribution in [1.82, 2.24) is 0 Å². The van der Waals surface area contributed by atoms with Gasteiger partial charge in [-0.1, -0.05) is 12.1 Å². The molecule has 2 rings (SSSR count). The maximum absolute atomic E-state index is 13.0. The Balaban J connectivity index is 2.34. The molecule has 0 fully saturated rings. The number of esters is 1. The van der Waals surface area contributed by atoms with Crippen LogP contribution in [-0.2, 0) is 10.9 Å². The molecule has 0 bridgehead atoms. The van der Waals surface area contributed by atoms with Crippen LogP contribution in [-0.4, -0.2) is 18.5 Å². The summed E-state index contributed by atoms with van der Waals surface area (Å²) in [5, 5.41) is 2.54. The van der Waals surface area contributed by atoms with Crippen molar-refractivity contribution in [3.8, 4) is 0 Å². The van der Waals surface area contributed by atoms with Crippen LogP contribution in [0.3, 0.4) is 0 Å². The third kappa shape index (κ3) is 3.94. The Labute approximate surface area is 140 Å². The highest BCUT2D eigenvalue weighted by Crippen LogP contribution is 2.33. The lowest BCUT2D eigenvalue weighted by Gasteiger charge is -2.12. The Hall–Kier alpha value is -2.35. The molecule has 1 heterocycles. The second-order valence-corrected chi connectivity index (χ2v) is 6.07. The summed E-state index contributed by atoms with van der Waals surface area (Å²) in [6.07, 6.45) is -4.65. The number of hydrogen-bond donors (Lipinski definition) is 1. The number of carbonyl (C=O) groups is 2. The van der Waals surface area contributed by atoms with Crippen LogP contribution < -0.4 is 5.32 Å². The minimum atomic E-state index is -4.65. The Morgan fingerprint density at radius 3 is 2.50 bits per heavy atom. The lowest BCUT2D eigenvalue weighted by atomic mass is 10.1. The van der Waals surface area contributed by atoms with E-state index in [4.69, 9.17) is 4.74 Å². The quantitative estimate of drug-likeness (QED) is 0.820. The summed E-state index contributed by atoms with van der Waals surface area (Å²) in [6, 6.07) is 5.99. The van der Waals surface area contributed by atoms with E-state index in [-0.39, 0.29) is 17.2 Å². The van der Waals surface area contributed by atoms with Crippen LogP contribution in [0.5, 0.6) is 0 Å². The molecule has 128 valence electrons. The van der Waals surface area contributed by atoms with Gasteiger partial charge in [0, 0.05) is 4.88 Å². The van der Waals surface area contributed by atoms with Gasteiger partial charge in [0.05, 0.1) is 23.3 Å². The number of carbonyl (C=O) groups excluding carboxylic acids is 2. The van der Waals surface area contributed by atoms with Crippen LogP contribution >= 0.6 is 11.3 Å². The summed E-state index contributed by atoms with van der Waals surface area (Å²) in [5.74, 6) is -1.57. The third-order valence-corrected chi connectivity index (χ3v) is 4.02. The third-order valence-electron chi connectivity index (χ3n) is 3.05. The molecule has 0 aliphatic carbocycles. The molecule has 0 spiro atoms. The van der Waals surface area contributed by atoms with Crippen LogP contribution in [0.4, 0.5) is 18.2 Å². The van der Waals surface area contributed by atoms with Crippen LogP contribution in [0.2, 0.25) is 0 Å². The fourth-order valence-electron chi connectivity index (χ4n) is 2.07. The van der Waals surface area contributed by atoms with Gasteiger partial charge in [-0.3, -0.25) is 4.79 Å². The van der Waals surface area contributed by atoms with Gasteiger partial charge in [0.25, 0.3) is 5.91 Å². The Kier molecular flexibility index (Phi) is 5.28. The van der Waals surface area contributed by atoms with Crippen LogP contribution in [0.15, 0.2) is 30.3 Å². The molecule has 0 aliphatic heterocycles. The molecule has 0 atom stereocenters. The van der Waals surface area contributed by atoms with Gasteiger partial charge in [0.2, 0.25) is 0 Å². The summed E-state index contributed by atoms with van der Waals surface area (Å²) >= 11 is 1.09. The first-order valence-corrected chi connectivity index (χ1v) is 7.80. The number of rotatable bonds is 4. The highest BCUT2D eigenvalue weighted by atomic mass is 32.1. The SMILES string of the molecule is CCOC(=O)c1cc(C)sc1NC(=O)c1ccccc1C(F)(F)F. The van der Waals surface area contributed by atoms with Crippen molar-refractivity contribution < 1.29 is 27.5 Å². The second-order valence-electron chi connectivity index (χ2n) is 4.82. The van der Waals surface area contributed by atoms with Gasteiger partial charge in [-0.2, -0.15) is 13.2 Å². The van der Waals surface area contributed by atoms with Crippen molar-refractivity contribution in [2.75, 3.05) is 11.9 Å². The van der Waals surface area contributed by atoms with E-state index >= 15 is 0 Å². The molecular weight excluding hydrogens is 343 g/mol. The molecule has 0 saturated heterocycles. The molecule has 4 nitrogen and oxygen atoms in total. The number of aryl methyl sites for hydroxylation is 1. The molecular formula is C16H14F3NO3S. The van der Waals surface area contributed by atoms with Crippen molar-refractivity contribution in [1.29, 1.82) is 0 Å². The lowest BCUT2D eigenvalue weighted by Crippen LogP contribution is -2.19. The summed E-state index contributed by atoms with van der Waals surface area (Å²) < 4.78 is 43.9. The van der Waals surface area contributed by atoms with Gasteiger partial charge >= 0.3 is 12.1 Å². The fraction of sp³-hybridized carbons (Fsp3) is 0.250. The monoisotopic (exact) mass is 357 g/mol. The number of nitrogens with one attached hydrogen (secondary N) is 1. The molecule has 0 unspecified atom stereocenters. The number of amides is 1. The van der Waals surface area contributed by atoms with E-state index < -0.39 is 29.2 Å². The van der Waals surface area contributed by atoms with E-state index in [9.17, 15) is 22.8 Å². The zero-order valence-electron chi connectivity index (χ0n) is 12.9. The average molecular weight is 357 g/mol. The molecule has 0 saturated carbocycles. The van der Waals surface area contributed by atoms with Gasteiger partial charge < -0.3 is 10.1 Å². The number of thiophene rings is 1. The standard InChI is InChI=1S/C16H14F3NO3S/c1-3-23-15(22)11-8-9(2)24-14(11)20-13(21)10-6-4-5-7-12(10)16(17,18)19/h4-8H,3H2,1-2H3,(H,20,21). The maximum atomic E-state index is 13.0. The Bertz CT molecular complexity index is 768. The van der Waals surface area contributed by atoms with Crippen molar-refractivity contribution in [2.45, 2.75) is 20.0 Å². The molecule has 1 aromatic carbocycles. The molecule has 1 aromatic heterocycles. The number of hydrogen-bond acceptors (Lipinski definition) is 4. The van der Waals surface area contributed by atoms with E-state index in [1.807, 2.05) is 0 Å². The van der Waals surface area contributed by atoms with Gasteiger partial charge in [0.15, 0.2) is 0 Å². The summed E-state index contributed by atoms with van der Waals surface area (Å²) in [7, 11) is 0. The van der Waals surface area contributed by atoms with Crippen LogP contribution in [0, 0.1) is 6.92 Å². The topological polar surface area (TPSA) is 55.4 Å². The Morgan fingerprint density at radius 2 is 1.88 bits per heavy atom. The van der Waals surface area contributed by atoms with Crippen LogP contribution in [0.1, 0.15) is 38.1 Å². The van der Waals surface area contributed by atoms with E-state index in [2.05, 4.69) is 5.32 Å². The predicted molar refractivity (Wildman–Crippen MR) is 84.4 cm³/mol. The smallest absolute Gasteiger partial charge is 0.417 e. The van der Waals surface area contributed by atoms with E-state index in [1.54, 1.807) is 13.8 Å². The number of alkyl halides is 3. The molecule has 1 N–H and O–H groups in total. The zero-order chi connectivity index (χ0) is 17.9. The molecule has 0 radical (unpaired) electrons. The number of ether oxygens (including phenoxy) is 1. The van der Waals surface area contributed by atoms with Crippen molar-refractivity contribution in [3.63, 3.8) is 0 Å². The maximum Gasteiger partial charge on any atom is 0.417 e. The first-order valence-electron chi connectivity index (χ1n) is 6.99. The second kappa shape index (κ2) is 7.04. The largest absolute Gasteiger partial charge is 0.462 e. The first-order chi connectivity index (χ1) is 11.2. The van der Waals surface area contributed by atoms with Crippen molar-refractivity contribution >= 4 is 28.2 Å². The van der Waals surface area contributed by atoms with Crippen LogP contribution in [0.25, 0.3) is 0 Å². The minimum absolute atomic E-state index is 0.122. The summed E-state index contributed by atoms with van der Waals surface area (Å²) in [6.45, 7) is 3.50. The number of anilines is 1. The molecule has 1 amide bonds. The van der Waals surface area contributed by atoms with Gasteiger partial charge in [0.1, 0.15) is 5.00 Å². The van der Waals surface area contributed by atoms with E-state index in [1.165, 1.54) is 18.2 Å². The van der Waals surface area contributed by atoms with E-state index in [0.29, 0.717) is 0 Å². The fourth-order valence-corrected chi connectivity index (χ4v) is 2.96. The summed E-state index contributed by atoms with van der Waals surface area (Å²) in [5.41, 5.74) is -1.42. The van der Waals surface area contributed by atoms with Crippen molar-refractivity contribution in [2.24, 2.45) is 0 Å². The molecule has 2 aromatic rings. The predicted octanol–water partition coefficient (Wildman–Crippen LogP) is 4.50. The van der Waals surface area contributed by atoms with Gasteiger partial charge in [-0.05, 0) is 32.0 Å². The Morgan fingerprint density at radius 1 is 1.21 bits per heavy atom. The van der Waals surface area contributed by atoms with Gasteiger partial charge in [-0.15, -0.1) is 11.3 Å². The molecule has 0 aliphatic rings. The molecule has 24 heavy (non-hydrogen) atoms. The van der Waals surface area contributed by atoms with Crippen molar-refractivity contribution in [3.05, 3.63) is 51.9 Å².